The summed E-state index contributed by atoms with van der Waals surface area (Å²) in [4.78, 5) is 10.8. The number of fused-ring (bicyclic) bond motifs is 2. The Labute approximate surface area is 193 Å². The Balaban J connectivity index is 1.35. The SMILES string of the molecule is Cc1cc(N2CCn3c(nnc3C(F)(F)F)[C@H]2C)cnc1CNc1cccc2c(N)nccc12. The van der Waals surface area contributed by atoms with Crippen LogP contribution in [0.4, 0.5) is 30.4 Å². The third-order valence-corrected chi connectivity index (χ3v) is 6.23. The molecule has 5 rings (SSSR count). The van der Waals surface area contributed by atoms with Crippen molar-refractivity contribution in [2.24, 2.45) is 0 Å². The molecule has 0 fully saturated rings. The average Bonchev–Trinajstić information content (AvgIpc) is 3.25. The second-order valence-electron chi connectivity index (χ2n) is 8.31. The molecule has 0 unspecified atom stereocenters. The minimum absolute atomic E-state index is 0.156. The Morgan fingerprint density at radius 1 is 1.12 bits per heavy atom. The van der Waals surface area contributed by atoms with Gasteiger partial charge in [-0.3, -0.25) is 4.98 Å². The number of hydrogen-bond acceptors (Lipinski definition) is 7. The van der Waals surface area contributed by atoms with E-state index in [1.165, 1.54) is 0 Å². The molecule has 1 aromatic carbocycles. The number of alkyl halides is 3. The van der Waals surface area contributed by atoms with E-state index in [1.54, 1.807) is 12.4 Å². The summed E-state index contributed by atoms with van der Waals surface area (Å²) in [5.41, 5.74) is 9.60. The van der Waals surface area contributed by atoms with Gasteiger partial charge in [0.25, 0.3) is 0 Å². The van der Waals surface area contributed by atoms with E-state index in [1.807, 2.05) is 49.1 Å². The van der Waals surface area contributed by atoms with Crippen LogP contribution in [0.25, 0.3) is 10.8 Å². The van der Waals surface area contributed by atoms with E-state index < -0.39 is 12.0 Å². The highest BCUT2D eigenvalue weighted by Crippen LogP contribution is 2.35. The summed E-state index contributed by atoms with van der Waals surface area (Å²) in [6.07, 6.45) is -1.09. The lowest BCUT2D eigenvalue weighted by Crippen LogP contribution is -2.38. The second kappa shape index (κ2) is 8.15. The summed E-state index contributed by atoms with van der Waals surface area (Å²) in [7, 11) is 0. The van der Waals surface area contributed by atoms with E-state index in [-0.39, 0.29) is 12.6 Å². The standard InChI is InChI=1S/C23H23F3N8/c1-13-10-15(33-8-9-34-21(14(33)2)31-32-22(34)23(24,25)26)11-29-19(13)12-30-18-5-3-4-17-16(18)6-7-28-20(17)27/h3-7,10-11,14,30H,8-9,12H2,1-2H3,(H2,27,28)/t14-/m1/s1. The van der Waals surface area contributed by atoms with Gasteiger partial charge in [-0.15, -0.1) is 10.2 Å². The maximum absolute atomic E-state index is 13.2. The second-order valence-corrected chi connectivity index (χ2v) is 8.31. The first kappa shape index (κ1) is 21.9. The Morgan fingerprint density at radius 3 is 2.71 bits per heavy atom. The van der Waals surface area contributed by atoms with Crippen molar-refractivity contribution in [3.63, 3.8) is 0 Å². The molecule has 0 saturated heterocycles. The van der Waals surface area contributed by atoms with Gasteiger partial charge in [0.1, 0.15) is 5.82 Å². The van der Waals surface area contributed by atoms with Gasteiger partial charge in [0.05, 0.1) is 30.2 Å². The van der Waals surface area contributed by atoms with Crippen LogP contribution in [-0.4, -0.2) is 31.3 Å². The minimum atomic E-state index is -4.52. The topological polar surface area (TPSA) is 97.8 Å². The van der Waals surface area contributed by atoms with Crippen LogP contribution in [0.1, 0.15) is 35.9 Å². The number of nitrogen functional groups attached to an aromatic ring is 1. The van der Waals surface area contributed by atoms with Crippen LogP contribution < -0.4 is 16.0 Å². The number of hydrogen-bond donors (Lipinski definition) is 2. The minimum Gasteiger partial charge on any atom is -0.383 e. The first-order valence-electron chi connectivity index (χ1n) is 10.8. The predicted molar refractivity (Wildman–Crippen MR) is 123 cm³/mol. The highest BCUT2D eigenvalue weighted by molar-refractivity contribution is 5.99. The molecule has 4 heterocycles. The molecule has 0 spiro atoms. The van der Waals surface area contributed by atoms with Crippen molar-refractivity contribution < 1.29 is 13.2 Å². The Morgan fingerprint density at radius 2 is 1.94 bits per heavy atom. The highest BCUT2D eigenvalue weighted by atomic mass is 19.4. The maximum atomic E-state index is 13.2. The molecule has 3 N–H and O–H groups in total. The first-order valence-corrected chi connectivity index (χ1v) is 10.8. The molecule has 34 heavy (non-hydrogen) atoms. The van der Waals surface area contributed by atoms with Crippen LogP contribution in [0, 0.1) is 6.92 Å². The Hall–Kier alpha value is -3.89. The number of nitrogens with one attached hydrogen (secondary N) is 1. The zero-order valence-electron chi connectivity index (χ0n) is 18.6. The van der Waals surface area contributed by atoms with Gasteiger partial charge in [0.2, 0.25) is 5.82 Å². The van der Waals surface area contributed by atoms with Crippen molar-refractivity contribution in [1.29, 1.82) is 0 Å². The molecule has 8 nitrogen and oxygen atoms in total. The lowest BCUT2D eigenvalue weighted by Gasteiger charge is -2.35. The van der Waals surface area contributed by atoms with Gasteiger partial charge >= 0.3 is 6.18 Å². The number of nitrogens with zero attached hydrogens (tertiary/aromatic N) is 6. The normalized spacial score (nSPS) is 16.0. The van der Waals surface area contributed by atoms with E-state index in [0.717, 1.165) is 38.0 Å². The number of aromatic nitrogens is 5. The van der Waals surface area contributed by atoms with Gasteiger partial charge in [0, 0.05) is 35.7 Å². The van der Waals surface area contributed by atoms with Gasteiger partial charge in [-0.05, 0) is 37.6 Å². The van der Waals surface area contributed by atoms with Crippen LogP contribution in [0.15, 0.2) is 42.7 Å². The van der Waals surface area contributed by atoms with Crippen LogP contribution >= 0.6 is 0 Å². The summed E-state index contributed by atoms with van der Waals surface area (Å²) < 4.78 is 40.7. The van der Waals surface area contributed by atoms with Crippen molar-refractivity contribution in [2.45, 2.75) is 39.2 Å². The Bertz CT molecular complexity index is 1360. The zero-order chi connectivity index (χ0) is 24.0. The van der Waals surface area contributed by atoms with Gasteiger partial charge in [-0.1, -0.05) is 12.1 Å². The number of halogens is 3. The van der Waals surface area contributed by atoms with Crippen LogP contribution in [0.5, 0.6) is 0 Å². The van der Waals surface area contributed by atoms with Crippen molar-refractivity contribution in [2.75, 3.05) is 22.5 Å². The van der Waals surface area contributed by atoms with Crippen molar-refractivity contribution >= 4 is 28.0 Å². The molecule has 0 bridgehead atoms. The zero-order valence-corrected chi connectivity index (χ0v) is 18.6. The molecule has 0 radical (unpaired) electrons. The van der Waals surface area contributed by atoms with E-state index in [2.05, 4.69) is 25.5 Å². The summed E-state index contributed by atoms with van der Waals surface area (Å²) in [5.74, 6) is -0.170. The number of benzene rings is 1. The van der Waals surface area contributed by atoms with E-state index in [4.69, 9.17) is 5.73 Å². The largest absolute Gasteiger partial charge is 0.451 e. The number of aryl methyl sites for hydroxylation is 1. The van der Waals surface area contributed by atoms with Crippen LogP contribution in [0.3, 0.4) is 0 Å². The predicted octanol–water partition coefficient (Wildman–Crippen LogP) is 4.32. The van der Waals surface area contributed by atoms with Gasteiger partial charge in [-0.2, -0.15) is 13.2 Å². The van der Waals surface area contributed by atoms with Crippen LogP contribution in [0.2, 0.25) is 0 Å². The fraction of sp³-hybridized carbons (Fsp3) is 0.304. The smallest absolute Gasteiger partial charge is 0.383 e. The third kappa shape index (κ3) is 3.76. The fourth-order valence-corrected chi connectivity index (χ4v) is 4.44. The molecule has 4 aromatic rings. The monoisotopic (exact) mass is 468 g/mol. The molecule has 1 atom stereocenters. The molecule has 1 aliphatic rings. The molecule has 0 amide bonds. The molecule has 1 aliphatic heterocycles. The molecule has 3 aromatic heterocycles. The number of anilines is 3. The quantitative estimate of drug-likeness (QED) is 0.460. The molecule has 11 heteroatoms. The van der Waals surface area contributed by atoms with Gasteiger partial charge in [-0.25, -0.2) is 4.98 Å². The number of pyridine rings is 2. The summed E-state index contributed by atoms with van der Waals surface area (Å²) in [6, 6.07) is 9.39. The van der Waals surface area contributed by atoms with Gasteiger partial charge in [0.15, 0.2) is 5.82 Å². The number of nitrogens with two attached hydrogens (primary N) is 1. The molecule has 0 aliphatic carbocycles. The molecular weight excluding hydrogens is 445 g/mol. The summed E-state index contributed by atoms with van der Waals surface area (Å²) in [6.45, 7) is 4.86. The first-order chi connectivity index (χ1) is 16.2. The Kier molecular flexibility index (Phi) is 5.26. The fourth-order valence-electron chi connectivity index (χ4n) is 4.44. The van der Waals surface area contributed by atoms with Crippen molar-refractivity contribution in [1.82, 2.24) is 24.7 Å². The van der Waals surface area contributed by atoms with E-state index in [0.29, 0.717) is 24.7 Å². The van der Waals surface area contributed by atoms with E-state index in [9.17, 15) is 13.2 Å². The summed E-state index contributed by atoms with van der Waals surface area (Å²) in [5, 5.41) is 12.5. The third-order valence-electron chi connectivity index (χ3n) is 6.23. The van der Waals surface area contributed by atoms with Crippen molar-refractivity contribution in [3.8, 4) is 0 Å². The van der Waals surface area contributed by atoms with Crippen LogP contribution in [-0.2, 0) is 19.3 Å². The maximum Gasteiger partial charge on any atom is 0.451 e. The molecule has 176 valence electrons. The van der Waals surface area contributed by atoms with Crippen molar-refractivity contribution in [3.05, 3.63) is 65.6 Å². The average molecular weight is 468 g/mol. The summed E-state index contributed by atoms with van der Waals surface area (Å²) >= 11 is 0. The highest BCUT2D eigenvalue weighted by Gasteiger charge is 2.41. The lowest BCUT2D eigenvalue weighted by molar-refractivity contribution is -0.147. The van der Waals surface area contributed by atoms with Gasteiger partial charge < -0.3 is 20.5 Å². The lowest BCUT2D eigenvalue weighted by atomic mass is 10.1. The number of rotatable bonds is 4. The van der Waals surface area contributed by atoms with E-state index >= 15 is 0 Å². The molecular formula is C23H23F3N8. The molecule has 0 saturated carbocycles.